The molecule has 0 bridgehead atoms. The van der Waals surface area contributed by atoms with Crippen LogP contribution in [0.3, 0.4) is 0 Å². The van der Waals surface area contributed by atoms with Gasteiger partial charge in [-0.25, -0.2) is 0 Å². The van der Waals surface area contributed by atoms with Gasteiger partial charge in [0.1, 0.15) is 5.76 Å². The fourth-order valence-electron chi connectivity index (χ4n) is 4.65. The number of Topliss-reactive ketones (excluding diaryl/α,β-unsaturated/α-hetero) is 1. The van der Waals surface area contributed by atoms with Gasteiger partial charge in [0.05, 0.1) is 24.8 Å². The van der Waals surface area contributed by atoms with Gasteiger partial charge < -0.3 is 28.8 Å². The number of ketones is 1. The van der Waals surface area contributed by atoms with E-state index in [1.807, 2.05) is 19.9 Å². The number of ether oxygens (including phenoxy) is 2. The summed E-state index contributed by atoms with van der Waals surface area (Å²) in [6, 6.07) is 7.87. The molecular weight excluding hydrogens is 436 g/mol. The summed E-state index contributed by atoms with van der Waals surface area (Å²) in [6.45, 7) is 9.46. The summed E-state index contributed by atoms with van der Waals surface area (Å²) in [5, 5.41) is 10.9. The van der Waals surface area contributed by atoms with E-state index in [-0.39, 0.29) is 11.3 Å². The maximum absolute atomic E-state index is 13.4. The average molecular weight is 469 g/mol. The molecule has 4 rings (SSSR count). The normalized spacial score (nSPS) is 18.7. The van der Waals surface area contributed by atoms with Crippen LogP contribution in [0.15, 0.2) is 46.1 Å². The number of amides is 1. The molecule has 0 radical (unpaired) electrons. The highest BCUT2D eigenvalue weighted by Crippen LogP contribution is 2.42. The summed E-state index contributed by atoms with van der Waals surface area (Å²) in [5.74, 6) is 0.202. The summed E-state index contributed by atoms with van der Waals surface area (Å²) < 4.78 is 17.0. The first-order chi connectivity index (χ1) is 16.4. The number of carbonyl (C=O) groups is 2. The molecule has 0 saturated carbocycles. The smallest absolute Gasteiger partial charge is 0.290 e. The van der Waals surface area contributed by atoms with Crippen molar-refractivity contribution < 1.29 is 28.6 Å². The van der Waals surface area contributed by atoms with E-state index < -0.39 is 23.5 Å². The number of benzene rings is 1. The molecule has 1 N–H and O–H groups in total. The van der Waals surface area contributed by atoms with Crippen LogP contribution in [-0.2, 0) is 4.79 Å². The monoisotopic (exact) mass is 468 g/mol. The minimum absolute atomic E-state index is 0.0207. The molecule has 0 aliphatic carbocycles. The lowest BCUT2D eigenvalue weighted by atomic mass is 9.94. The topological polar surface area (TPSA) is 92.5 Å². The molecule has 2 aromatic rings. The molecule has 1 atom stereocenters. The first kappa shape index (κ1) is 23.9. The number of aliphatic hydroxyl groups excluding tert-OH is 1. The molecule has 1 unspecified atom stereocenters. The van der Waals surface area contributed by atoms with Gasteiger partial charge in [-0.2, -0.15) is 0 Å². The Morgan fingerprint density at radius 1 is 1.06 bits per heavy atom. The molecule has 182 valence electrons. The Morgan fingerprint density at radius 2 is 1.76 bits per heavy atom. The van der Waals surface area contributed by atoms with Gasteiger partial charge in [-0.3, -0.25) is 9.59 Å². The van der Waals surface area contributed by atoms with Crippen molar-refractivity contribution in [1.82, 2.24) is 9.80 Å². The fraction of sp³-hybridized carbons (Fsp3) is 0.462. The molecule has 1 fully saturated rings. The van der Waals surface area contributed by atoms with Crippen LogP contribution in [0, 0.1) is 6.92 Å². The number of likely N-dealkylation sites (tertiary alicyclic amines) is 1. The van der Waals surface area contributed by atoms with Crippen LogP contribution in [0.2, 0.25) is 0 Å². The Labute approximate surface area is 199 Å². The molecule has 8 heteroatoms. The lowest BCUT2D eigenvalue weighted by Gasteiger charge is -2.29. The Hall–Kier alpha value is -3.26. The van der Waals surface area contributed by atoms with E-state index in [0.717, 1.165) is 25.9 Å². The maximum atomic E-state index is 13.4. The second kappa shape index (κ2) is 10.3. The van der Waals surface area contributed by atoms with Gasteiger partial charge in [0.2, 0.25) is 5.78 Å². The molecule has 1 saturated heterocycles. The third kappa shape index (κ3) is 4.68. The van der Waals surface area contributed by atoms with E-state index in [1.165, 1.54) is 0 Å². The van der Waals surface area contributed by atoms with Crippen LogP contribution in [0.5, 0.6) is 11.5 Å². The van der Waals surface area contributed by atoms with E-state index >= 15 is 0 Å². The number of carbonyl (C=O) groups excluding carboxylic acids is 2. The highest BCUT2D eigenvalue weighted by molar-refractivity contribution is 6.15. The van der Waals surface area contributed by atoms with Crippen LogP contribution >= 0.6 is 0 Å². The first-order valence-corrected chi connectivity index (χ1v) is 11.9. The Bertz CT molecular complexity index is 1080. The number of furan rings is 1. The minimum atomic E-state index is -0.761. The van der Waals surface area contributed by atoms with E-state index in [2.05, 4.69) is 4.90 Å². The van der Waals surface area contributed by atoms with E-state index in [9.17, 15) is 14.7 Å². The van der Waals surface area contributed by atoms with Crippen molar-refractivity contribution in [2.75, 3.05) is 39.4 Å². The highest BCUT2D eigenvalue weighted by Gasteiger charge is 2.44. The SMILES string of the molecule is CCOc1ccc(C2C(C(=O)c3ccc(C)o3)=C(O)C(=O)N2CCN2CCCC2)cc1OCC. The van der Waals surface area contributed by atoms with Crippen molar-refractivity contribution >= 4 is 11.7 Å². The molecule has 2 aliphatic rings. The van der Waals surface area contributed by atoms with Crippen molar-refractivity contribution in [2.45, 2.75) is 39.7 Å². The van der Waals surface area contributed by atoms with Crippen molar-refractivity contribution in [1.29, 1.82) is 0 Å². The van der Waals surface area contributed by atoms with Crippen LogP contribution in [0.4, 0.5) is 0 Å². The number of hydrogen-bond acceptors (Lipinski definition) is 7. The van der Waals surface area contributed by atoms with Crippen LogP contribution in [-0.4, -0.2) is 66.0 Å². The van der Waals surface area contributed by atoms with Crippen LogP contribution < -0.4 is 9.47 Å². The Kier molecular flexibility index (Phi) is 7.26. The van der Waals surface area contributed by atoms with Crippen molar-refractivity contribution in [3.63, 3.8) is 0 Å². The second-order valence-corrected chi connectivity index (χ2v) is 8.52. The molecule has 0 spiro atoms. The van der Waals surface area contributed by atoms with Crippen LogP contribution in [0.1, 0.15) is 54.6 Å². The van der Waals surface area contributed by atoms with Crippen molar-refractivity contribution in [2.24, 2.45) is 0 Å². The van der Waals surface area contributed by atoms with Crippen molar-refractivity contribution in [3.05, 3.63) is 58.7 Å². The second-order valence-electron chi connectivity index (χ2n) is 8.52. The number of rotatable bonds is 10. The Balaban J connectivity index is 1.74. The van der Waals surface area contributed by atoms with Gasteiger partial charge in [-0.1, -0.05) is 6.07 Å². The zero-order valence-electron chi connectivity index (χ0n) is 20.0. The number of aryl methyl sites for hydroxylation is 1. The van der Waals surface area contributed by atoms with Gasteiger partial charge in [-0.05, 0) is 76.5 Å². The summed E-state index contributed by atoms with van der Waals surface area (Å²) in [7, 11) is 0. The third-order valence-corrected chi connectivity index (χ3v) is 6.25. The lowest BCUT2D eigenvalue weighted by Crippen LogP contribution is -2.38. The summed E-state index contributed by atoms with van der Waals surface area (Å²) in [4.78, 5) is 30.5. The minimum Gasteiger partial charge on any atom is -0.503 e. The maximum Gasteiger partial charge on any atom is 0.290 e. The van der Waals surface area contributed by atoms with E-state index in [0.29, 0.717) is 49.1 Å². The molecule has 1 amide bonds. The standard InChI is InChI=1S/C26H32N2O6/c1-4-32-19-11-9-18(16-21(19)33-5-2)23-22(24(29)20-10-8-17(3)34-20)25(30)26(31)28(23)15-14-27-12-6-7-13-27/h8-11,16,23,30H,4-7,12-15H2,1-3H3. The molecule has 34 heavy (non-hydrogen) atoms. The summed E-state index contributed by atoms with van der Waals surface area (Å²) in [6.07, 6.45) is 2.28. The van der Waals surface area contributed by atoms with Gasteiger partial charge >= 0.3 is 0 Å². The molecule has 3 heterocycles. The number of aliphatic hydroxyl groups is 1. The summed E-state index contributed by atoms with van der Waals surface area (Å²) >= 11 is 0. The van der Waals surface area contributed by atoms with E-state index in [1.54, 1.807) is 36.1 Å². The fourth-order valence-corrected chi connectivity index (χ4v) is 4.65. The third-order valence-electron chi connectivity index (χ3n) is 6.25. The molecule has 2 aliphatic heterocycles. The first-order valence-electron chi connectivity index (χ1n) is 11.9. The Morgan fingerprint density at radius 3 is 2.41 bits per heavy atom. The number of nitrogens with zero attached hydrogens (tertiary/aromatic N) is 2. The average Bonchev–Trinajstić information content (AvgIpc) is 3.55. The van der Waals surface area contributed by atoms with Gasteiger partial charge in [0.15, 0.2) is 23.0 Å². The lowest BCUT2D eigenvalue weighted by molar-refractivity contribution is -0.129. The van der Waals surface area contributed by atoms with Gasteiger partial charge in [0.25, 0.3) is 5.91 Å². The van der Waals surface area contributed by atoms with E-state index in [4.69, 9.17) is 13.9 Å². The van der Waals surface area contributed by atoms with Crippen molar-refractivity contribution in [3.8, 4) is 11.5 Å². The highest BCUT2D eigenvalue weighted by atomic mass is 16.5. The van der Waals surface area contributed by atoms with Gasteiger partial charge in [0, 0.05) is 13.1 Å². The molecule has 8 nitrogen and oxygen atoms in total. The van der Waals surface area contributed by atoms with Gasteiger partial charge in [-0.15, -0.1) is 0 Å². The zero-order valence-corrected chi connectivity index (χ0v) is 20.0. The predicted molar refractivity (Wildman–Crippen MR) is 126 cm³/mol. The number of hydrogen-bond donors (Lipinski definition) is 1. The molecular formula is C26H32N2O6. The van der Waals surface area contributed by atoms with Crippen LogP contribution in [0.25, 0.3) is 0 Å². The predicted octanol–water partition coefficient (Wildman–Crippen LogP) is 4.06. The largest absolute Gasteiger partial charge is 0.503 e. The zero-order chi connectivity index (χ0) is 24.2. The summed E-state index contributed by atoms with van der Waals surface area (Å²) in [5.41, 5.74) is 0.685. The quantitative estimate of drug-likeness (QED) is 0.526. The molecule has 1 aromatic carbocycles. The molecule has 1 aromatic heterocycles.